The SMILES string of the molecule is Cl.O=C(c1ccn(C2CCCNC2)n1)N1CCN(c2ccc(Cl)cn2)CC1. The van der Waals surface area contributed by atoms with E-state index in [0.717, 1.165) is 44.8 Å². The molecular formula is C18H24Cl2N6O. The fourth-order valence-electron chi connectivity index (χ4n) is 3.57. The van der Waals surface area contributed by atoms with Crippen molar-refractivity contribution in [3.05, 3.63) is 41.3 Å². The second kappa shape index (κ2) is 8.91. The Kier molecular flexibility index (Phi) is 6.57. The molecule has 2 aliphatic heterocycles. The minimum absolute atomic E-state index is 0. The summed E-state index contributed by atoms with van der Waals surface area (Å²) >= 11 is 5.89. The molecule has 9 heteroatoms. The summed E-state index contributed by atoms with van der Waals surface area (Å²) in [5, 5.41) is 8.55. The van der Waals surface area contributed by atoms with Crippen LogP contribution in [0.3, 0.4) is 0 Å². The van der Waals surface area contributed by atoms with Gasteiger partial charge in [-0.3, -0.25) is 9.48 Å². The van der Waals surface area contributed by atoms with Crippen LogP contribution in [0.5, 0.6) is 0 Å². The molecule has 2 saturated heterocycles. The van der Waals surface area contributed by atoms with Crippen LogP contribution in [0.4, 0.5) is 5.82 Å². The van der Waals surface area contributed by atoms with Gasteiger partial charge in [-0.15, -0.1) is 12.4 Å². The Morgan fingerprint density at radius 2 is 2.00 bits per heavy atom. The number of nitrogens with one attached hydrogen (secondary N) is 1. The van der Waals surface area contributed by atoms with Crippen LogP contribution in [-0.2, 0) is 0 Å². The topological polar surface area (TPSA) is 66.3 Å². The van der Waals surface area contributed by atoms with E-state index in [9.17, 15) is 4.79 Å². The number of aromatic nitrogens is 3. The molecule has 0 radical (unpaired) electrons. The minimum atomic E-state index is 0. The zero-order valence-electron chi connectivity index (χ0n) is 15.1. The van der Waals surface area contributed by atoms with Gasteiger partial charge in [-0.25, -0.2) is 4.98 Å². The quantitative estimate of drug-likeness (QED) is 0.840. The van der Waals surface area contributed by atoms with Crippen LogP contribution in [0.15, 0.2) is 30.6 Å². The number of piperazine rings is 1. The average Bonchev–Trinajstić information content (AvgIpc) is 3.19. The number of piperidine rings is 1. The van der Waals surface area contributed by atoms with Gasteiger partial charge in [0.2, 0.25) is 0 Å². The van der Waals surface area contributed by atoms with E-state index in [1.54, 1.807) is 6.20 Å². The summed E-state index contributed by atoms with van der Waals surface area (Å²) in [6.45, 7) is 4.83. The molecule has 7 nitrogen and oxygen atoms in total. The van der Waals surface area contributed by atoms with Gasteiger partial charge in [-0.1, -0.05) is 11.6 Å². The van der Waals surface area contributed by atoms with Crippen molar-refractivity contribution in [3.8, 4) is 0 Å². The predicted molar refractivity (Wildman–Crippen MR) is 108 cm³/mol. The molecule has 0 bridgehead atoms. The standard InChI is InChI=1S/C18H23ClN6O.ClH/c19-14-3-4-17(21-12-14)23-8-10-24(11-9-23)18(26)16-5-7-25(22-16)15-2-1-6-20-13-15;/h3-5,7,12,15,20H,1-2,6,8-11,13H2;1H. The number of pyridine rings is 1. The van der Waals surface area contributed by atoms with E-state index in [1.807, 2.05) is 34.0 Å². The summed E-state index contributed by atoms with van der Waals surface area (Å²) in [5.74, 6) is 0.909. The van der Waals surface area contributed by atoms with E-state index in [4.69, 9.17) is 11.6 Å². The molecule has 146 valence electrons. The van der Waals surface area contributed by atoms with Crippen LogP contribution < -0.4 is 10.2 Å². The van der Waals surface area contributed by atoms with Gasteiger partial charge in [0, 0.05) is 45.1 Å². The van der Waals surface area contributed by atoms with Crippen molar-refractivity contribution in [2.45, 2.75) is 18.9 Å². The molecule has 0 saturated carbocycles. The zero-order chi connectivity index (χ0) is 17.9. The van der Waals surface area contributed by atoms with Crippen LogP contribution in [0, 0.1) is 0 Å². The van der Waals surface area contributed by atoms with Crippen molar-refractivity contribution in [3.63, 3.8) is 0 Å². The van der Waals surface area contributed by atoms with Gasteiger partial charge in [0.15, 0.2) is 0 Å². The molecule has 1 amide bonds. The molecular weight excluding hydrogens is 387 g/mol. The summed E-state index contributed by atoms with van der Waals surface area (Å²) in [6.07, 6.45) is 5.84. The highest BCUT2D eigenvalue weighted by atomic mass is 35.5. The molecule has 2 aliphatic rings. The summed E-state index contributed by atoms with van der Waals surface area (Å²) in [4.78, 5) is 21.2. The first-order chi connectivity index (χ1) is 12.7. The molecule has 27 heavy (non-hydrogen) atoms. The van der Waals surface area contributed by atoms with Crippen molar-refractivity contribution in [1.82, 2.24) is 25.0 Å². The van der Waals surface area contributed by atoms with Crippen LogP contribution >= 0.6 is 24.0 Å². The van der Waals surface area contributed by atoms with E-state index in [0.29, 0.717) is 29.8 Å². The molecule has 1 atom stereocenters. The van der Waals surface area contributed by atoms with Crippen LogP contribution in [0.25, 0.3) is 0 Å². The monoisotopic (exact) mass is 410 g/mol. The molecule has 4 heterocycles. The minimum Gasteiger partial charge on any atom is -0.353 e. The predicted octanol–water partition coefficient (Wildman–Crippen LogP) is 2.24. The summed E-state index contributed by atoms with van der Waals surface area (Å²) in [7, 11) is 0. The lowest BCUT2D eigenvalue weighted by Crippen LogP contribution is -2.49. The number of halogens is 2. The van der Waals surface area contributed by atoms with Gasteiger partial charge >= 0.3 is 0 Å². The number of nitrogens with zero attached hydrogens (tertiary/aromatic N) is 5. The molecule has 1 unspecified atom stereocenters. The third-order valence-corrected chi connectivity index (χ3v) is 5.30. The lowest BCUT2D eigenvalue weighted by Gasteiger charge is -2.35. The van der Waals surface area contributed by atoms with E-state index in [1.165, 1.54) is 0 Å². The van der Waals surface area contributed by atoms with Crippen molar-refractivity contribution >= 4 is 35.7 Å². The maximum Gasteiger partial charge on any atom is 0.274 e. The Morgan fingerprint density at radius 1 is 1.19 bits per heavy atom. The first kappa shape index (κ1) is 19.9. The molecule has 2 aromatic heterocycles. The highest BCUT2D eigenvalue weighted by molar-refractivity contribution is 6.30. The van der Waals surface area contributed by atoms with E-state index >= 15 is 0 Å². The van der Waals surface area contributed by atoms with Gasteiger partial charge in [0.1, 0.15) is 11.5 Å². The van der Waals surface area contributed by atoms with Crippen LogP contribution in [-0.4, -0.2) is 64.8 Å². The lowest BCUT2D eigenvalue weighted by molar-refractivity contribution is 0.0739. The van der Waals surface area contributed by atoms with Crippen molar-refractivity contribution < 1.29 is 4.79 Å². The number of carbonyl (C=O) groups is 1. The maximum absolute atomic E-state index is 12.8. The molecule has 0 aromatic carbocycles. The van der Waals surface area contributed by atoms with Crippen molar-refractivity contribution in [2.75, 3.05) is 44.2 Å². The van der Waals surface area contributed by atoms with Crippen molar-refractivity contribution in [1.29, 1.82) is 0 Å². The van der Waals surface area contributed by atoms with Gasteiger partial charge in [0.05, 0.1) is 11.1 Å². The van der Waals surface area contributed by atoms with E-state index < -0.39 is 0 Å². The molecule has 0 spiro atoms. The molecule has 0 aliphatic carbocycles. The Hall–Kier alpha value is -1.83. The fourth-order valence-corrected chi connectivity index (χ4v) is 3.68. The van der Waals surface area contributed by atoms with Gasteiger partial charge in [0.25, 0.3) is 5.91 Å². The fraction of sp³-hybridized carbons (Fsp3) is 0.500. The van der Waals surface area contributed by atoms with Crippen LogP contribution in [0.1, 0.15) is 29.4 Å². The number of carbonyl (C=O) groups excluding carboxylic acids is 1. The second-order valence-corrected chi connectivity index (χ2v) is 7.23. The number of rotatable bonds is 3. The van der Waals surface area contributed by atoms with E-state index in [-0.39, 0.29) is 18.3 Å². The first-order valence-corrected chi connectivity index (χ1v) is 9.50. The maximum atomic E-state index is 12.8. The Bertz CT molecular complexity index is 751. The first-order valence-electron chi connectivity index (χ1n) is 9.12. The largest absolute Gasteiger partial charge is 0.353 e. The summed E-state index contributed by atoms with van der Waals surface area (Å²) in [6, 6.07) is 5.94. The normalized spacial score (nSPS) is 20.3. The number of amides is 1. The number of hydrogen-bond acceptors (Lipinski definition) is 5. The van der Waals surface area contributed by atoms with E-state index in [2.05, 4.69) is 20.3 Å². The Morgan fingerprint density at radius 3 is 2.67 bits per heavy atom. The van der Waals surface area contributed by atoms with Gasteiger partial charge in [-0.2, -0.15) is 5.10 Å². The lowest BCUT2D eigenvalue weighted by atomic mass is 10.1. The summed E-state index contributed by atoms with van der Waals surface area (Å²) in [5.41, 5.74) is 0.536. The molecule has 2 fully saturated rings. The smallest absolute Gasteiger partial charge is 0.274 e. The number of hydrogen-bond donors (Lipinski definition) is 1. The Labute approximate surface area is 170 Å². The van der Waals surface area contributed by atoms with Gasteiger partial charge in [-0.05, 0) is 37.6 Å². The second-order valence-electron chi connectivity index (χ2n) is 6.80. The summed E-state index contributed by atoms with van der Waals surface area (Å²) < 4.78 is 1.94. The van der Waals surface area contributed by atoms with Crippen LogP contribution in [0.2, 0.25) is 5.02 Å². The highest BCUT2D eigenvalue weighted by Crippen LogP contribution is 2.18. The third kappa shape index (κ3) is 4.54. The number of anilines is 1. The Balaban J connectivity index is 0.00000210. The van der Waals surface area contributed by atoms with Crippen molar-refractivity contribution in [2.24, 2.45) is 0 Å². The average molecular weight is 411 g/mol. The van der Waals surface area contributed by atoms with Gasteiger partial charge < -0.3 is 15.1 Å². The molecule has 1 N–H and O–H groups in total. The molecule has 2 aromatic rings. The third-order valence-electron chi connectivity index (χ3n) is 5.08. The zero-order valence-corrected chi connectivity index (χ0v) is 16.6. The molecule has 4 rings (SSSR count). The highest BCUT2D eigenvalue weighted by Gasteiger charge is 2.25.